The first-order valence-electron chi connectivity index (χ1n) is 6.64. The van der Waals surface area contributed by atoms with E-state index < -0.39 is 0 Å². The van der Waals surface area contributed by atoms with Crippen molar-refractivity contribution in [3.05, 3.63) is 77.6 Å². The van der Waals surface area contributed by atoms with Crippen molar-refractivity contribution in [1.82, 2.24) is 0 Å². The second-order valence-electron chi connectivity index (χ2n) is 4.69. The molecule has 0 N–H and O–H groups in total. The molecule has 0 saturated carbocycles. The van der Waals surface area contributed by atoms with Gasteiger partial charge in [-0.05, 0) is 23.8 Å². The summed E-state index contributed by atoms with van der Waals surface area (Å²) in [5.41, 5.74) is 1.68. The van der Waals surface area contributed by atoms with E-state index >= 15 is 0 Å². The summed E-state index contributed by atoms with van der Waals surface area (Å²) in [5.74, 6) is 2.89. The Bertz CT molecular complexity index is 816. The first kappa shape index (κ1) is 13.2. The van der Waals surface area contributed by atoms with E-state index in [-0.39, 0.29) is 5.82 Å². The molecule has 0 amide bonds. The van der Waals surface area contributed by atoms with Gasteiger partial charge < -0.3 is 4.74 Å². The SMILES string of the molecule is C#Cc1ccc(F)c2cccc(OCc3ccccc3)c12. The molecule has 0 heterocycles. The molecule has 0 fully saturated rings. The monoisotopic (exact) mass is 276 g/mol. The molecule has 0 bridgehead atoms. The Morgan fingerprint density at radius 3 is 2.52 bits per heavy atom. The van der Waals surface area contributed by atoms with Crippen molar-refractivity contribution in [2.75, 3.05) is 0 Å². The summed E-state index contributed by atoms with van der Waals surface area (Å²) in [6.45, 7) is 0.417. The van der Waals surface area contributed by atoms with Crippen LogP contribution in [0.25, 0.3) is 10.8 Å². The van der Waals surface area contributed by atoms with Gasteiger partial charge in [-0.3, -0.25) is 0 Å². The second kappa shape index (κ2) is 5.68. The Morgan fingerprint density at radius 1 is 0.952 bits per heavy atom. The molecule has 0 aromatic heterocycles. The van der Waals surface area contributed by atoms with Crippen molar-refractivity contribution in [2.45, 2.75) is 6.61 Å². The number of ether oxygens (including phenoxy) is 1. The number of rotatable bonds is 3. The van der Waals surface area contributed by atoms with Crippen LogP contribution in [0.4, 0.5) is 4.39 Å². The number of terminal acetylenes is 1. The second-order valence-corrected chi connectivity index (χ2v) is 4.69. The molecule has 21 heavy (non-hydrogen) atoms. The van der Waals surface area contributed by atoms with Gasteiger partial charge in [-0.2, -0.15) is 0 Å². The van der Waals surface area contributed by atoms with Crippen LogP contribution in [-0.4, -0.2) is 0 Å². The van der Waals surface area contributed by atoms with Crippen LogP contribution in [0.15, 0.2) is 60.7 Å². The first-order valence-corrected chi connectivity index (χ1v) is 6.64. The third kappa shape index (κ3) is 2.59. The molecule has 3 rings (SSSR count). The van der Waals surface area contributed by atoms with E-state index in [4.69, 9.17) is 11.2 Å². The minimum absolute atomic E-state index is 0.297. The lowest BCUT2D eigenvalue weighted by atomic mass is 10.0. The van der Waals surface area contributed by atoms with Crippen LogP contribution in [0, 0.1) is 18.2 Å². The minimum Gasteiger partial charge on any atom is -0.488 e. The van der Waals surface area contributed by atoms with Gasteiger partial charge >= 0.3 is 0 Å². The molecule has 1 nitrogen and oxygen atoms in total. The largest absolute Gasteiger partial charge is 0.488 e. The van der Waals surface area contributed by atoms with Gasteiger partial charge in [0.25, 0.3) is 0 Å². The molecule has 0 radical (unpaired) electrons. The van der Waals surface area contributed by atoms with Crippen LogP contribution < -0.4 is 4.74 Å². The van der Waals surface area contributed by atoms with Crippen molar-refractivity contribution in [2.24, 2.45) is 0 Å². The molecule has 3 aromatic carbocycles. The maximum absolute atomic E-state index is 13.9. The van der Waals surface area contributed by atoms with Crippen LogP contribution in [0.2, 0.25) is 0 Å². The van der Waals surface area contributed by atoms with Gasteiger partial charge in [-0.1, -0.05) is 48.4 Å². The van der Waals surface area contributed by atoms with E-state index in [9.17, 15) is 4.39 Å². The first-order chi connectivity index (χ1) is 10.3. The van der Waals surface area contributed by atoms with E-state index in [1.54, 1.807) is 18.2 Å². The van der Waals surface area contributed by atoms with Crippen LogP contribution >= 0.6 is 0 Å². The topological polar surface area (TPSA) is 9.23 Å². The highest BCUT2D eigenvalue weighted by molar-refractivity contribution is 5.93. The predicted molar refractivity (Wildman–Crippen MR) is 82.6 cm³/mol. The average Bonchev–Trinajstić information content (AvgIpc) is 2.54. The van der Waals surface area contributed by atoms with Crippen molar-refractivity contribution in [3.8, 4) is 18.1 Å². The summed E-state index contributed by atoms with van der Waals surface area (Å²) in [7, 11) is 0. The molecule has 0 unspecified atom stereocenters. The van der Waals surface area contributed by atoms with Crippen LogP contribution in [0.5, 0.6) is 5.75 Å². The minimum atomic E-state index is -0.297. The lowest BCUT2D eigenvalue weighted by Gasteiger charge is -2.11. The number of hydrogen-bond acceptors (Lipinski definition) is 1. The van der Waals surface area contributed by atoms with Gasteiger partial charge in [0.2, 0.25) is 0 Å². The highest BCUT2D eigenvalue weighted by atomic mass is 19.1. The highest BCUT2D eigenvalue weighted by Gasteiger charge is 2.10. The molecule has 0 aliphatic rings. The number of benzene rings is 3. The highest BCUT2D eigenvalue weighted by Crippen LogP contribution is 2.31. The van der Waals surface area contributed by atoms with Crippen LogP contribution in [0.1, 0.15) is 11.1 Å². The van der Waals surface area contributed by atoms with Gasteiger partial charge in [0.1, 0.15) is 18.2 Å². The zero-order chi connectivity index (χ0) is 14.7. The van der Waals surface area contributed by atoms with E-state index in [0.717, 1.165) is 5.56 Å². The summed E-state index contributed by atoms with van der Waals surface area (Å²) in [4.78, 5) is 0. The van der Waals surface area contributed by atoms with E-state index in [1.807, 2.05) is 36.4 Å². The Labute approximate surface area is 123 Å². The maximum Gasteiger partial charge on any atom is 0.131 e. The fraction of sp³-hybridized carbons (Fsp3) is 0.0526. The Morgan fingerprint density at radius 2 is 1.76 bits per heavy atom. The Balaban J connectivity index is 2.03. The zero-order valence-electron chi connectivity index (χ0n) is 11.3. The summed E-state index contributed by atoms with van der Waals surface area (Å²) in [5, 5.41) is 1.13. The zero-order valence-corrected chi connectivity index (χ0v) is 11.3. The summed E-state index contributed by atoms with van der Waals surface area (Å²) >= 11 is 0. The predicted octanol–water partition coefficient (Wildman–Crippen LogP) is 4.54. The Kier molecular flexibility index (Phi) is 3.57. The lowest BCUT2D eigenvalue weighted by molar-refractivity contribution is 0.310. The van der Waals surface area contributed by atoms with E-state index in [2.05, 4.69) is 5.92 Å². The Hall–Kier alpha value is -2.79. The fourth-order valence-electron chi connectivity index (χ4n) is 2.31. The molecule has 0 aliphatic heterocycles. The van der Waals surface area contributed by atoms with E-state index in [0.29, 0.717) is 28.7 Å². The molecule has 0 spiro atoms. The average molecular weight is 276 g/mol. The van der Waals surface area contributed by atoms with Gasteiger partial charge in [-0.15, -0.1) is 6.42 Å². The summed E-state index contributed by atoms with van der Waals surface area (Å²) < 4.78 is 19.8. The third-order valence-corrected chi connectivity index (χ3v) is 3.34. The fourth-order valence-corrected chi connectivity index (χ4v) is 2.31. The molecular formula is C19H13FO. The van der Waals surface area contributed by atoms with Gasteiger partial charge in [0.15, 0.2) is 0 Å². The quantitative estimate of drug-likeness (QED) is 0.638. The summed E-state index contributed by atoms with van der Waals surface area (Å²) in [6, 6.07) is 18.1. The summed E-state index contributed by atoms with van der Waals surface area (Å²) in [6.07, 6.45) is 5.51. The number of hydrogen-bond donors (Lipinski definition) is 0. The van der Waals surface area contributed by atoms with Gasteiger partial charge in [0.05, 0.1) is 0 Å². The lowest BCUT2D eigenvalue weighted by Crippen LogP contribution is -1.97. The third-order valence-electron chi connectivity index (χ3n) is 3.34. The van der Waals surface area contributed by atoms with E-state index in [1.165, 1.54) is 6.07 Å². The maximum atomic E-state index is 13.9. The molecule has 3 aromatic rings. The van der Waals surface area contributed by atoms with Crippen molar-refractivity contribution >= 4 is 10.8 Å². The molecule has 2 heteroatoms. The van der Waals surface area contributed by atoms with Crippen LogP contribution in [0.3, 0.4) is 0 Å². The standard InChI is InChI=1S/C19H13FO/c1-2-15-11-12-17(20)16-9-6-10-18(19(15)16)21-13-14-7-4-3-5-8-14/h1,3-12H,13H2. The van der Waals surface area contributed by atoms with Crippen LogP contribution in [-0.2, 0) is 6.61 Å². The van der Waals surface area contributed by atoms with Crippen molar-refractivity contribution in [1.29, 1.82) is 0 Å². The molecule has 0 saturated heterocycles. The van der Waals surface area contributed by atoms with Gasteiger partial charge in [-0.25, -0.2) is 4.39 Å². The smallest absolute Gasteiger partial charge is 0.131 e. The van der Waals surface area contributed by atoms with Crippen molar-refractivity contribution in [3.63, 3.8) is 0 Å². The molecule has 0 aliphatic carbocycles. The molecular weight excluding hydrogens is 263 g/mol. The molecule has 0 atom stereocenters. The van der Waals surface area contributed by atoms with Gasteiger partial charge in [0, 0.05) is 16.3 Å². The number of fused-ring (bicyclic) bond motifs is 1. The number of halogens is 1. The van der Waals surface area contributed by atoms with Crippen molar-refractivity contribution < 1.29 is 9.13 Å². The molecule has 102 valence electrons. The normalized spacial score (nSPS) is 10.3.